The summed E-state index contributed by atoms with van der Waals surface area (Å²) in [6.45, 7) is 2.71. The van der Waals surface area contributed by atoms with Gasteiger partial charge in [0.25, 0.3) is 0 Å². The predicted molar refractivity (Wildman–Crippen MR) is 111 cm³/mol. The van der Waals surface area contributed by atoms with Gasteiger partial charge in [-0.2, -0.15) is 4.99 Å². The number of aromatic nitrogens is 1. The molecule has 9 heteroatoms. The lowest BCUT2D eigenvalue weighted by atomic mass is 10.2. The molecule has 0 atom stereocenters. The molecule has 29 heavy (non-hydrogen) atoms. The molecule has 0 bridgehead atoms. The lowest BCUT2D eigenvalue weighted by Crippen LogP contribution is -2.49. The third-order valence-electron chi connectivity index (χ3n) is 4.53. The molecule has 2 N–H and O–H groups in total. The van der Waals surface area contributed by atoms with Gasteiger partial charge in [0.1, 0.15) is 0 Å². The molecular formula is C20H19ClN6O2. The third kappa shape index (κ3) is 4.55. The Labute approximate surface area is 173 Å². The number of benzene rings is 1. The first-order valence-electron chi connectivity index (χ1n) is 9.11. The topological polar surface area (TPSA) is 96.4 Å². The molecule has 2 aliphatic heterocycles. The maximum atomic E-state index is 12.2. The Balaban J connectivity index is 1.39. The molecule has 2 aromatic rings. The Morgan fingerprint density at radius 3 is 2.59 bits per heavy atom. The molecule has 1 aromatic carbocycles. The van der Waals surface area contributed by atoms with Crippen molar-refractivity contribution in [2.45, 2.75) is 0 Å². The van der Waals surface area contributed by atoms with Crippen LogP contribution in [0, 0.1) is 0 Å². The van der Waals surface area contributed by atoms with Gasteiger partial charge in [-0.15, -0.1) is 0 Å². The van der Waals surface area contributed by atoms with Crippen LogP contribution in [0.2, 0.25) is 5.02 Å². The van der Waals surface area contributed by atoms with Crippen LogP contribution in [0.25, 0.3) is 0 Å². The molecule has 0 spiro atoms. The minimum Gasteiger partial charge on any atom is -0.402 e. The van der Waals surface area contributed by atoms with Crippen LogP contribution in [0.4, 0.5) is 5.82 Å². The Bertz CT molecular complexity index is 980. The van der Waals surface area contributed by atoms with Crippen LogP contribution >= 0.6 is 11.6 Å². The molecule has 0 radical (unpaired) electrons. The molecule has 1 saturated heterocycles. The highest BCUT2D eigenvalue weighted by atomic mass is 35.5. The second kappa shape index (κ2) is 8.32. The minimum absolute atomic E-state index is 0.276. The summed E-state index contributed by atoms with van der Waals surface area (Å²) < 4.78 is 5.28. The molecule has 2 aliphatic rings. The number of hydrogen-bond acceptors (Lipinski definition) is 6. The summed E-state index contributed by atoms with van der Waals surface area (Å²) >= 11 is 5.89. The van der Waals surface area contributed by atoms with Gasteiger partial charge in [-0.05, 0) is 36.4 Å². The van der Waals surface area contributed by atoms with E-state index in [1.165, 1.54) is 0 Å². The van der Waals surface area contributed by atoms with E-state index in [0.717, 1.165) is 0 Å². The fourth-order valence-electron chi connectivity index (χ4n) is 2.98. The van der Waals surface area contributed by atoms with Crippen molar-refractivity contribution in [2.75, 3.05) is 26.2 Å². The van der Waals surface area contributed by atoms with Gasteiger partial charge in [-0.25, -0.2) is 14.8 Å². The number of nitrogens with two attached hydrogens (primary N) is 1. The number of pyridine rings is 1. The van der Waals surface area contributed by atoms with Gasteiger partial charge < -0.3 is 20.3 Å². The number of piperazine rings is 1. The summed E-state index contributed by atoms with van der Waals surface area (Å²) in [6.07, 6.45) is 3.41. The van der Waals surface area contributed by atoms with E-state index in [0.29, 0.717) is 48.5 Å². The smallest absolute Gasteiger partial charge is 0.365 e. The molecule has 0 unspecified atom stereocenters. The fraction of sp³-hybridized carbons (Fsp3) is 0.200. The zero-order chi connectivity index (χ0) is 20.2. The van der Waals surface area contributed by atoms with Crippen LogP contribution in [0.5, 0.6) is 0 Å². The highest BCUT2D eigenvalue weighted by Crippen LogP contribution is 2.19. The number of carbonyl (C=O) groups excluding carboxylic acids is 1. The molecule has 148 valence electrons. The van der Waals surface area contributed by atoms with Gasteiger partial charge >= 0.3 is 5.97 Å². The van der Waals surface area contributed by atoms with Gasteiger partial charge in [-0.1, -0.05) is 17.7 Å². The Kier molecular flexibility index (Phi) is 5.44. The number of hydrogen-bond donors (Lipinski definition) is 1. The summed E-state index contributed by atoms with van der Waals surface area (Å²) in [5.74, 6) is 0.823. The highest BCUT2D eigenvalue weighted by Gasteiger charge is 2.26. The van der Waals surface area contributed by atoms with Gasteiger partial charge in [0.15, 0.2) is 17.5 Å². The normalized spacial score (nSPS) is 18.8. The van der Waals surface area contributed by atoms with Crippen molar-refractivity contribution in [1.29, 1.82) is 0 Å². The number of ether oxygens (including phenoxy) is 1. The van der Waals surface area contributed by atoms with Gasteiger partial charge in [0.2, 0.25) is 5.90 Å². The average molecular weight is 411 g/mol. The first-order valence-corrected chi connectivity index (χ1v) is 9.49. The van der Waals surface area contributed by atoms with Crippen LogP contribution in [0.1, 0.15) is 5.56 Å². The van der Waals surface area contributed by atoms with Crippen molar-refractivity contribution in [1.82, 2.24) is 14.8 Å². The first-order chi connectivity index (χ1) is 14.1. The van der Waals surface area contributed by atoms with Crippen molar-refractivity contribution in [3.05, 3.63) is 71.1 Å². The number of nitrogens with zero attached hydrogens (tertiary/aromatic N) is 5. The van der Waals surface area contributed by atoms with Crippen molar-refractivity contribution < 1.29 is 9.53 Å². The standard InChI is InChI=1S/C20H19ClN6O2/c21-15-6-4-14(5-7-15)18-24-16(19(28)29-18)13-26-9-11-27(12-10-26)20(22)25-17-3-1-2-8-23-17/h1-8,13H,9-12H2,(H2,22,23,25). The monoisotopic (exact) mass is 410 g/mol. The maximum absolute atomic E-state index is 12.2. The molecule has 0 amide bonds. The molecule has 3 heterocycles. The van der Waals surface area contributed by atoms with Crippen LogP contribution < -0.4 is 5.73 Å². The molecule has 8 nitrogen and oxygen atoms in total. The summed E-state index contributed by atoms with van der Waals surface area (Å²) in [6, 6.07) is 12.5. The predicted octanol–water partition coefficient (Wildman–Crippen LogP) is 2.14. The molecule has 1 fully saturated rings. The Morgan fingerprint density at radius 1 is 1.14 bits per heavy atom. The van der Waals surface area contributed by atoms with E-state index >= 15 is 0 Å². The van der Waals surface area contributed by atoms with Crippen molar-refractivity contribution in [3.8, 4) is 0 Å². The van der Waals surface area contributed by atoms with Crippen LogP contribution in [0.3, 0.4) is 0 Å². The Hall–Kier alpha value is -3.39. The zero-order valence-corrected chi connectivity index (χ0v) is 16.3. The summed E-state index contributed by atoms with van der Waals surface area (Å²) in [4.78, 5) is 29.0. The van der Waals surface area contributed by atoms with E-state index in [1.54, 1.807) is 42.7 Å². The molecular weight excluding hydrogens is 392 g/mol. The van der Waals surface area contributed by atoms with Gasteiger partial charge in [0, 0.05) is 49.2 Å². The number of cyclic esters (lactones) is 1. The quantitative estimate of drug-likeness (QED) is 0.360. The zero-order valence-electron chi connectivity index (χ0n) is 15.5. The lowest BCUT2D eigenvalue weighted by molar-refractivity contribution is -0.130. The number of guanidine groups is 1. The van der Waals surface area contributed by atoms with Crippen molar-refractivity contribution in [3.63, 3.8) is 0 Å². The van der Waals surface area contributed by atoms with E-state index in [9.17, 15) is 4.79 Å². The number of halogens is 1. The highest BCUT2D eigenvalue weighted by molar-refractivity contribution is 6.30. The molecule has 4 rings (SSSR count). The van der Waals surface area contributed by atoms with E-state index in [4.69, 9.17) is 22.1 Å². The largest absolute Gasteiger partial charge is 0.402 e. The van der Waals surface area contributed by atoms with E-state index in [1.807, 2.05) is 21.9 Å². The second-order valence-corrected chi connectivity index (χ2v) is 6.95. The first kappa shape index (κ1) is 18.9. The summed E-state index contributed by atoms with van der Waals surface area (Å²) in [7, 11) is 0. The summed E-state index contributed by atoms with van der Waals surface area (Å²) in [5, 5.41) is 0.609. The minimum atomic E-state index is -0.464. The molecule has 0 saturated carbocycles. The van der Waals surface area contributed by atoms with E-state index in [-0.39, 0.29) is 11.6 Å². The number of carbonyl (C=O) groups is 1. The molecule has 0 aliphatic carbocycles. The third-order valence-corrected chi connectivity index (χ3v) is 4.79. The second-order valence-electron chi connectivity index (χ2n) is 6.51. The average Bonchev–Trinajstić information content (AvgIpc) is 3.10. The summed E-state index contributed by atoms with van der Waals surface area (Å²) in [5.41, 5.74) is 7.08. The van der Waals surface area contributed by atoms with Crippen molar-refractivity contribution >= 4 is 35.2 Å². The van der Waals surface area contributed by atoms with Gasteiger partial charge in [-0.3, -0.25) is 0 Å². The van der Waals surface area contributed by atoms with Crippen LogP contribution in [-0.2, 0) is 9.53 Å². The van der Waals surface area contributed by atoms with Gasteiger partial charge in [0.05, 0.1) is 0 Å². The maximum Gasteiger partial charge on any atom is 0.365 e. The number of aliphatic imine (C=N–C) groups is 2. The fourth-order valence-corrected chi connectivity index (χ4v) is 3.10. The van der Waals surface area contributed by atoms with E-state index < -0.39 is 5.97 Å². The Morgan fingerprint density at radius 2 is 1.90 bits per heavy atom. The van der Waals surface area contributed by atoms with Crippen molar-refractivity contribution in [2.24, 2.45) is 15.7 Å². The number of esters is 1. The van der Waals surface area contributed by atoms with E-state index in [2.05, 4.69) is 15.0 Å². The molecule has 1 aromatic heterocycles. The van der Waals surface area contributed by atoms with Crippen LogP contribution in [-0.4, -0.2) is 58.8 Å². The van der Waals surface area contributed by atoms with Crippen LogP contribution in [0.15, 0.2) is 70.5 Å². The SMILES string of the molecule is N/C(=N\c1ccccn1)N1CCN(C=C2N=C(c3ccc(Cl)cc3)OC2=O)CC1. The lowest BCUT2D eigenvalue weighted by Gasteiger charge is -2.34. The number of rotatable bonds is 3.